The molecule has 0 saturated carbocycles. The van der Waals surface area contributed by atoms with Gasteiger partial charge in [0.2, 0.25) is 0 Å². The van der Waals surface area contributed by atoms with Crippen LogP contribution in [0.2, 0.25) is 0 Å². The zero-order valence-electron chi connectivity index (χ0n) is 9.54. The van der Waals surface area contributed by atoms with E-state index < -0.39 is 17.0 Å². The van der Waals surface area contributed by atoms with Gasteiger partial charge in [-0.05, 0) is 51.8 Å². The number of ketones is 1. The van der Waals surface area contributed by atoms with E-state index in [-0.39, 0.29) is 11.3 Å². The predicted octanol–water partition coefficient (Wildman–Crippen LogP) is 4.89. The molecule has 0 saturated heterocycles. The van der Waals surface area contributed by atoms with Gasteiger partial charge in [-0.25, -0.2) is 8.78 Å². The predicted molar refractivity (Wildman–Crippen MR) is 73.4 cm³/mol. The van der Waals surface area contributed by atoms with E-state index in [1.54, 1.807) is 0 Å². The molecule has 0 aliphatic rings. The number of halogens is 4. The monoisotopic (exact) mass is 344 g/mol. The zero-order valence-corrected chi connectivity index (χ0v) is 11.9. The van der Waals surface area contributed by atoms with Gasteiger partial charge in [0.05, 0.1) is 0 Å². The molecule has 0 radical (unpaired) electrons. The highest BCUT2D eigenvalue weighted by molar-refractivity contribution is 9.10. The summed E-state index contributed by atoms with van der Waals surface area (Å²) in [7, 11) is 0. The van der Waals surface area contributed by atoms with Crippen molar-refractivity contribution in [2.45, 2.75) is 5.38 Å². The minimum Gasteiger partial charge on any atom is -0.292 e. The Balaban J connectivity index is 2.30. The molecule has 0 aliphatic carbocycles. The van der Waals surface area contributed by atoms with Crippen molar-refractivity contribution in [1.29, 1.82) is 0 Å². The third-order valence-electron chi connectivity index (χ3n) is 2.59. The van der Waals surface area contributed by atoms with Gasteiger partial charge in [0.25, 0.3) is 0 Å². The molecule has 2 aromatic carbocycles. The number of hydrogen-bond donors (Lipinski definition) is 0. The maximum atomic E-state index is 13.0. The summed E-state index contributed by atoms with van der Waals surface area (Å²) in [4.78, 5) is 12.2. The van der Waals surface area contributed by atoms with Crippen molar-refractivity contribution < 1.29 is 13.6 Å². The number of hydrogen-bond acceptors (Lipinski definition) is 1. The molecule has 0 aromatic heterocycles. The molecule has 1 unspecified atom stereocenters. The first-order valence-corrected chi connectivity index (χ1v) is 6.61. The normalized spacial score (nSPS) is 12.2. The van der Waals surface area contributed by atoms with E-state index in [1.165, 1.54) is 42.5 Å². The SMILES string of the molecule is O=C(c1ccc(F)cc1Br)C(Cl)c1ccc(F)cc1. The van der Waals surface area contributed by atoms with Crippen molar-refractivity contribution in [3.05, 3.63) is 69.7 Å². The average Bonchev–Trinajstić information content (AvgIpc) is 2.38. The molecule has 0 N–H and O–H groups in total. The van der Waals surface area contributed by atoms with Crippen LogP contribution in [0.15, 0.2) is 46.9 Å². The van der Waals surface area contributed by atoms with Crippen molar-refractivity contribution in [1.82, 2.24) is 0 Å². The van der Waals surface area contributed by atoms with Crippen molar-refractivity contribution in [2.75, 3.05) is 0 Å². The lowest BCUT2D eigenvalue weighted by molar-refractivity contribution is 0.0986. The second-order valence-corrected chi connectivity index (χ2v) is 5.19. The molecular weight excluding hydrogens is 338 g/mol. The summed E-state index contributed by atoms with van der Waals surface area (Å²) in [5.74, 6) is -1.22. The number of alkyl halides is 1. The van der Waals surface area contributed by atoms with E-state index in [0.717, 1.165) is 0 Å². The van der Waals surface area contributed by atoms with Crippen LogP contribution in [-0.4, -0.2) is 5.78 Å². The first-order valence-electron chi connectivity index (χ1n) is 5.38. The Labute approximate surface area is 122 Å². The molecule has 0 fully saturated rings. The minimum absolute atomic E-state index is 0.283. The maximum Gasteiger partial charge on any atom is 0.186 e. The van der Waals surface area contributed by atoms with Gasteiger partial charge >= 0.3 is 0 Å². The van der Waals surface area contributed by atoms with Gasteiger partial charge in [-0.15, -0.1) is 11.6 Å². The van der Waals surface area contributed by atoms with E-state index in [4.69, 9.17) is 11.6 Å². The lowest BCUT2D eigenvalue weighted by atomic mass is 10.0. The Bertz CT molecular complexity index is 613. The van der Waals surface area contributed by atoms with Crippen molar-refractivity contribution in [2.24, 2.45) is 0 Å². The fourth-order valence-electron chi connectivity index (χ4n) is 1.61. The van der Waals surface area contributed by atoms with Gasteiger partial charge in [0.15, 0.2) is 5.78 Å². The zero-order chi connectivity index (χ0) is 14.0. The van der Waals surface area contributed by atoms with Gasteiger partial charge in [-0.3, -0.25) is 4.79 Å². The molecule has 0 aliphatic heterocycles. The summed E-state index contributed by atoms with van der Waals surface area (Å²) in [6.45, 7) is 0. The van der Waals surface area contributed by atoms with E-state index in [0.29, 0.717) is 10.0 Å². The van der Waals surface area contributed by atoms with Gasteiger partial charge in [-0.2, -0.15) is 0 Å². The highest BCUT2D eigenvalue weighted by atomic mass is 79.9. The largest absolute Gasteiger partial charge is 0.292 e. The van der Waals surface area contributed by atoms with Gasteiger partial charge in [-0.1, -0.05) is 12.1 Å². The molecule has 1 nitrogen and oxygen atoms in total. The molecule has 2 rings (SSSR count). The van der Waals surface area contributed by atoms with Crippen LogP contribution in [0.1, 0.15) is 21.3 Å². The molecule has 0 amide bonds. The van der Waals surface area contributed by atoms with Crippen molar-refractivity contribution in [3.63, 3.8) is 0 Å². The topological polar surface area (TPSA) is 17.1 Å². The fourth-order valence-corrected chi connectivity index (χ4v) is 2.42. The van der Waals surface area contributed by atoms with Crippen LogP contribution in [0.25, 0.3) is 0 Å². The second kappa shape index (κ2) is 5.80. The fraction of sp³-hybridized carbons (Fsp3) is 0.0714. The van der Waals surface area contributed by atoms with Crippen LogP contribution in [-0.2, 0) is 0 Å². The molecule has 1 atom stereocenters. The van der Waals surface area contributed by atoms with E-state index in [1.807, 2.05) is 0 Å². The lowest BCUT2D eigenvalue weighted by Crippen LogP contribution is -2.08. The van der Waals surface area contributed by atoms with E-state index >= 15 is 0 Å². The molecule has 5 heteroatoms. The Morgan fingerprint density at radius 3 is 2.21 bits per heavy atom. The summed E-state index contributed by atoms with van der Waals surface area (Å²) in [5.41, 5.74) is 0.773. The molecular formula is C14H8BrClF2O. The van der Waals surface area contributed by atoms with Crippen LogP contribution >= 0.6 is 27.5 Å². The molecule has 2 aromatic rings. The summed E-state index contributed by atoms with van der Waals surface area (Å²) in [6, 6.07) is 9.11. The standard InChI is InChI=1S/C14H8BrClF2O/c15-12-7-10(18)5-6-11(12)14(19)13(16)8-1-3-9(17)4-2-8/h1-7,13H. The third-order valence-corrected chi connectivity index (χ3v) is 3.70. The first-order chi connectivity index (χ1) is 8.99. The molecule has 0 heterocycles. The number of rotatable bonds is 3. The van der Waals surface area contributed by atoms with Crippen LogP contribution in [0.3, 0.4) is 0 Å². The molecule has 19 heavy (non-hydrogen) atoms. The van der Waals surface area contributed by atoms with E-state index in [9.17, 15) is 13.6 Å². The summed E-state index contributed by atoms with van der Waals surface area (Å²) in [6.07, 6.45) is 0. The van der Waals surface area contributed by atoms with Crippen LogP contribution < -0.4 is 0 Å². The maximum absolute atomic E-state index is 13.0. The number of benzene rings is 2. The smallest absolute Gasteiger partial charge is 0.186 e. The Hall–Kier alpha value is -1.26. The van der Waals surface area contributed by atoms with Crippen LogP contribution in [0.4, 0.5) is 8.78 Å². The molecule has 98 valence electrons. The van der Waals surface area contributed by atoms with Gasteiger partial charge < -0.3 is 0 Å². The van der Waals surface area contributed by atoms with Crippen LogP contribution in [0.5, 0.6) is 0 Å². The van der Waals surface area contributed by atoms with Crippen LogP contribution in [0, 0.1) is 11.6 Å². The Morgan fingerprint density at radius 2 is 1.63 bits per heavy atom. The molecule has 0 bridgehead atoms. The van der Waals surface area contributed by atoms with Crippen molar-refractivity contribution >= 4 is 33.3 Å². The van der Waals surface area contributed by atoms with Crippen molar-refractivity contribution in [3.8, 4) is 0 Å². The highest BCUT2D eigenvalue weighted by Gasteiger charge is 2.21. The number of Topliss-reactive ketones (excluding diaryl/α,β-unsaturated/α-hetero) is 1. The highest BCUT2D eigenvalue weighted by Crippen LogP contribution is 2.29. The lowest BCUT2D eigenvalue weighted by Gasteiger charge is -2.10. The Kier molecular flexibility index (Phi) is 4.32. The summed E-state index contributed by atoms with van der Waals surface area (Å²) in [5, 5.41) is -0.942. The average molecular weight is 346 g/mol. The summed E-state index contributed by atoms with van der Waals surface area (Å²) >= 11 is 9.19. The molecule has 0 spiro atoms. The minimum atomic E-state index is -0.942. The first kappa shape index (κ1) is 14.2. The third kappa shape index (κ3) is 3.19. The van der Waals surface area contributed by atoms with Gasteiger partial charge in [0, 0.05) is 10.0 Å². The van der Waals surface area contributed by atoms with E-state index in [2.05, 4.69) is 15.9 Å². The quantitative estimate of drug-likeness (QED) is 0.572. The number of carbonyl (C=O) groups excluding carboxylic acids is 1. The summed E-state index contributed by atoms with van der Waals surface area (Å²) < 4.78 is 26.1. The second-order valence-electron chi connectivity index (χ2n) is 3.90. The number of carbonyl (C=O) groups is 1. The van der Waals surface area contributed by atoms with Gasteiger partial charge in [0.1, 0.15) is 17.0 Å². The Morgan fingerprint density at radius 1 is 1.05 bits per heavy atom.